The number of hydrogen-bond donors (Lipinski definition) is 2. The summed E-state index contributed by atoms with van der Waals surface area (Å²) in [5, 5.41) is 5.82. The third-order valence-corrected chi connectivity index (χ3v) is 4.21. The van der Waals surface area contributed by atoms with Crippen LogP contribution in [0.5, 0.6) is 0 Å². The van der Waals surface area contributed by atoms with Crippen LogP contribution in [-0.4, -0.2) is 34.3 Å². The molecular weight excluding hydrogens is 212 g/mol. The lowest BCUT2D eigenvalue weighted by Crippen LogP contribution is -2.45. The summed E-state index contributed by atoms with van der Waals surface area (Å²) in [6.07, 6.45) is 5.88. The van der Waals surface area contributed by atoms with Gasteiger partial charge in [0.05, 0.1) is 0 Å². The molecule has 1 saturated carbocycles. The Morgan fingerprint density at radius 3 is 2.67 bits per heavy atom. The molecule has 0 heterocycles. The molecule has 5 heteroatoms. The maximum atomic E-state index is 11.3. The molecule has 0 aromatic heterocycles. The molecule has 0 spiro atoms. The van der Waals surface area contributed by atoms with E-state index < -0.39 is 10.8 Å². The van der Waals surface area contributed by atoms with Crippen LogP contribution in [0.4, 0.5) is 4.79 Å². The quantitative estimate of drug-likeness (QED) is 0.743. The van der Waals surface area contributed by atoms with E-state index in [9.17, 15) is 9.00 Å². The number of amides is 2. The van der Waals surface area contributed by atoms with Gasteiger partial charge in [0.15, 0.2) is 0 Å². The van der Waals surface area contributed by atoms with E-state index in [1.807, 2.05) is 6.92 Å². The Morgan fingerprint density at radius 1 is 1.53 bits per heavy atom. The Labute approximate surface area is 93.7 Å². The average Bonchev–Trinajstić information content (AvgIpc) is 2.11. The van der Waals surface area contributed by atoms with Gasteiger partial charge in [0.2, 0.25) is 0 Å². The van der Waals surface area contributed by atoms with E-state index in [4.69, 9.17) is 0 Å². The standard InChI is InChI=1S/C10H20N2O2S/c1-8(15(2)14)6-7-11-10(13)12-9-4-3-5-9/h8-9H,3-7H2,1-2H3,(H2,11,12,13). The number of carbonyl (C=O) groups is 1. The Kier molecular flexibility index (Phi) is 5.08. The van der Waals surface area contributed by atoms with Crippen LogP contribution < -0.4 is 10.6 Å². The van der Waals surface area contributed by atoms with Gasteiger partial charge in [-0.15, -0.1) is 0 Å². The summed E-state index contributed by atoms with van der Waals surface area (Å²) in [5.41, 5.74) is 0. The SMILES string of the molecule is CC(CCNC(=O)NC1CCC1)S(C)=O. The summed E-state index contributed by atoms with van der Waals surface area (Å²) >= 11 is 0. The highest BCUT2D eigenvalue weighted by Crippen LogP contribution is 2.17. The first-order valence-electron chi connectivity index (χ1n) is 5.46. The Balaban J connectivity index is 2.03. The first kappa shape index (κ1) is 12.5. The molecule has 88 valence electrons. The van der Waals surface area contributed by atoms with Crippen LogP contribution in [0.25, 0.3) is 0 Å². The lowest BCUT2D eigenvalue weighted by molar-refractivity contribution is 0.228. The molecule has 0 aliphatic heterocycles. The molecule has 1 rings (SSSR count). The van der Waals surface area contributed by atoms with Crippen molar-refractivity contribution in [3.63, 3.8) is 0 Å². The van der Waals surface area contributed by atoms with Crippen LogP contribution in [0.15, 0.2) is 0 Å². The Hall–Kier alpha value is -0.580. The lowest BCUT2D eigenvalue weighted by Gasteiger charge is -2.26. The summed E-state index contributed by atoms with van der Waals surface area (Å²) in [4.78, 5) is 11.3. The van der Waals surface area contributed by atoms with E-state index in [-0.39, 0.29) is 11.3 Å². The van der Waals surface area contributed by atoms with Crippen molar-refractivity contribution in [2.24, 2.45) is 0 Å². The molecule has 0 aromatic carbocycles. The molecule has 4 nitrogen and oxygen atoms in total. The fourth-order valence-electron chi connectivity index (χ4n) is 1.34. The second-order valence-electron chi connectivity index (χ2n) is 4.13. The molecule has 0 aromatic rings. The topological polar surface area (TPSA) is 58.2 Å². The molecule has 0 radical (unpaired) electrons. The van der Waals surface area contributed by atoms with Gasteiger partial charge in [-0.25, -0.2) is 4.79 Å². The van der Waals surface area contributed by atoms with E-state index >= 15 is 0 Å². The van der Waals surface area contributed by atoms with Crippen molar-refractivity contribution >= 4 is 16.8 Å². The number of carbonyl (C=O) groups excluding carboxylic acids is 1. The van der Waals surface area contributed by atoms with Crippen molar-refractivity contribution in [3.8, 4) is 0 Å². The van der Waals surface area contributed by atoms with Crippen molar-refractivity contribution in [2.45, 2.75) is 43.9 Å². The average molecular weight is 232 g/mol. The van der Waals surface area contributed by atoms with Crippen LogP contribution in [0.2, 0.25) is 0 Å². The van der Waals surface area contributed by atoms with Crippen LogP contribution in [-0.2, 0) is 10.8 Å². The first-order chi connectivity index (χ1) is 7.09. The summed E-state index contributed by atoms with van der Waals surface area (Å²) in [6.45, 7) is 2.53. The zero-order chi connectivity index (χ0) is 11.3. The fraction of sp³-hybridized carbons (Fsp3) is 0.900. The summed E-state index contributed by atoms with van der Waals surface area (Å²) < 4.78 is 11.0. The molecule has 2 unspecified atom stereocenters. The Morgan fingerprint density at radius 2 is 2.20 bits per heavy atom. The number of nitrogens with one attached hydrogen (secondary N) is 2. The number of rotatable bonds is 5. The highest BCUT2D eigenvalue weighted by atomic mass is 32.2. The third-order valence-electron chi connectivity index (χ3n) is 2.84. The molecule has 0 bridgehead atoms. The van der Waals surface area contributed by atoms with E-state index in [1.54, 1.807) is 6.26 Å². The minimum absolute atomic E-state index is 0.0891. The number of hydrogen-bond acceptors (Lipinski definition) is 2. The third kappa shape index (κ3) is 4.64. The minimum atomic E-state index is -0.798. The van der Waals surface area contributed by atoms with Crippen molar-refractivity contribution in [2.75, 3.05) is 12.8 Å². The predicted octanol–water partition coefficient (Wildman–Crippen LogP) is 0.995. The van der Waals surface area contributed by atoms with Crippen molar-refractivity contribution in [1.82, 2.24) is 10.6 Å². The van der Waals surface area contributed by atoms with Crippen molar-refractivity contribution in [3.05, 3.63) is 0 Å². The van der Waals surface area contributed by atoms with Gasteiger partial charge in [-0.05, 0) is 25.7 Å². The van der Waals surface area contributed by atoms with Gasteiger partial charge in [0.1, 0.15) is 0 Å². The van der Waals surface area contributed by atoms with Crippen LogP contribution >= 0.6 is 0 Å². The van der Waals surface area contributed by atoms with E-state index in [0.29, 0.717) is 12.6 Å². The monoisotopic (exact) mass is 232 g/mol. The van der Waals surface area contributed by atoms with Crippen molar-refractivity contribution in [1.29, 1.82) is 0 Å². The van der Waals surface area contributed by atoms with Gasteiger partial charge in [0.25, 0.3) is 0 Å². The van der Waals surface area contributed by atoms with Crippen LogP contribution in [0.1, 0.15) is 32.6 Å². The summed E-state index contributed by atoms with van der Waals surface area (Å²) in [6, 6.07) is 0.288. The summed E-state index contributed by atoms with van der Waals surface area (Å²) in [5.74, 6) is 0. The van der Waals surface area contributed by atoms with Crippen LogP contribution in [0.3, 0.4) is 0 Å². The smallest absolute Gasteiger partial charge is 0.315 e. The maximum absolute atomic E-state index is 11.3. The molecule has 0 saturated heterocycles. The van der Waals surface area contributed by atoms with E-state index in [0.717, 1.165) is 19.3 Å². The summed E-state index contributed by atoms with van der Waals surface area (Å²) in [7, 11) is -0.798. The zero-order valence-electron chi connectivity index (χ0n) is 9.41. The van der Waals surface area contributed by atoms with E-state index in [2.05, 4.69) is 10.6 Å². The van der Waals surface area contributed by atoms with Crippen LogP contribution in [0, 0.1) is 0 Å². The van der Waals surface area contributed by atoms with E-state index in [1.165, 1.54) is 6.42 Å². The fourth-order valence-corrected chi connectivity index (χ4v) is 1.79. The first-order valence-corrected chi connectivity index (χ1v) is 7.08. The highest BCUT2D eigenvalue weighted by molar-refractivity contribution is 7.84. The molecule has 2 N–H and O–H groups in total. The second kappa shape index (κ2) is 6.10. The molecule has 1 fully saturated rings. The predicted molar refractivity (Wildman–Crippen MR) is 62.3 cm³/mol. The molecule has 1 aliphatic rings. The maximum Gasteiger partial charge on any atom is 0.315 e. The molecule has 15 heavy (non-hydrogen) atoms. The lowest BCUT2D eigenvalue weighted by atomic mass is 9.93. The second-order valence-corrected chi connectivity index (χ2v) is 5.93. The minimum Gasteiger partial charge on any atom is -0.338 e. The van der Waals surface area contributed by atoms with Gasteiger partial charge in [0, 0.05) is 34.9 Å². The molecule has 1 aliphatic carbocycles. The van der Waals surface area contributed by atoms with Gasteiger partial charge in [-0.3, -0.25) is 4.21 Å². The Bertz CT molecular complexity index is 242. The van der Waals surface area contributed by atoms with Gasteiger partial charge in [-0.1, -0.05) is 6.92 Å². The van der Waals surface area contributed by atoms with Crippen molar-refractivity contribution < 1.29 is 9.00 Å². The van der Waals surface area contributed by atoms with Gasteiger partial charge < -0.3 is 10.6 Å². The normalized spacial score (nSPS) is 20.1. The number of urea groups is 1. The molecule has 2 amide bonds. The van der Waals surface area contributed by atoms with Gasteiger partial charge in [-0.2, -0.15) is 0 Å². The largest absolute Gasteiger partial charge is 0.338 e. The van der Waals surface area contributed by atoms with Gasteiger partial charge >= 0.3 is 6.03 Å². The molecule has 2 atom stereocenters. The zero-order valence-corrected chi connectivity index (χ0v) is 10.2. The molecular formula is C10H20N2O2S. The highest BCUT2D eigenvalue weighted by Gasteiger charge is 2.18.